The lowest BCUT2D eigenvalue weighted by molar-refractivity contribution is -0.144. The molecule has 92 valence electrons. The highest BCUT2D eigenvalue weighted by atomic mass is 16.5. The Bertz CT molecular complexity index is 354. The zero-order valence-electron chi connectivity index (χ0n) is 10.0. The number of hydrogen-bond donors (Lipinski definition) is 0. The van der Waals surface area contributed by atoms with E-state index in [2.05, 4.69) is 16.5 Å². The van der Waals surface area contributed by atoms with Gasteiger partial charge in [0.2, 0.25) is 0 Å². The van der Waals surface area contributed by atoms with Crippen LogP contribution in [0.25, 0.3) is 0 Å². The molecule has 0 aliphatic rings. The Kier molecular flexibility index (Phi) is 5.88. The Morgan fingerprint density at radius 2 is 2.24 bits per heavy atom. The van der Waals surface area contributed by atoms with Crippen molar-refractivity contribution in [2.75, 3.05) is 19.7 Å². The highest BCUT2D eigenvalue weighted by Gasteiger charge is 2.11. The molecule has 17 heavy (non-hydrogen) atoms. The van der Waals surface area contributed by atoms with Crippen LogP contribution in [0.2, 0.25) is 0 Å². The number of aromatic nitrogens is 2. The first-order chi connectivity index (χ1) is 8.26. The largest absolute Gasteiger partial charge is 0.465 e. The lowest BCUT2D eigenvalue weighted by atomic mass is 10.4. The summed E-state index contributed by atoms with van der Waals surface area (Å²) in [5, 5.41) is 0. The Balaban J connectivity index is 2.54. The van der Waals surface area contributed by atoms with E-state index in [1.807, 2.05) is 4.90 Å². The fourth-order valence-corrected chi connectivity index (χ4v) is 1.37. The number of carbonyl (C=O) groups excluding carboxylic acids is 1. The maximum absolute atomic E-state index is 11.4. The quantitative estimate of drug-likeness (QED) is 0.522. The molecule has 0 atom stereocenters. The Hall–Kier alpha value is -1.75. The van der Waals surface area contributed by atoms with Crippen LogP contribution in [0.4, 0.5) is 0 Å². The van der Waals surface area contributed by atoms with Gasteiger partial charge in [-0.15, -0.1) is 6.58 Å². The van der Waals surface area contributed by atoms with Gasteiger partial charge in [-0.2, -0.15) is 0 Å². The van der Waals surface area contributed by atoms with E-state index in [1.165, 1.54) is 0 Å². The molecule has 0 saturated heterocycles. The van der Waals surface area contributed by atoms with E-state index in [4.69, 9.17) is 4.74 Å². The minimum Gasteiger partial charge on any atom is -0.465 e. The van der Waals surface area contributed by atoms with Crippen molar-refractivity contribution in [3.8, 4) is 0 Å². The Labute approximate surface area is 101 Å². The second-order valence-electron chi connectivity index (χ2n) is 3.43. The molecule has 1 heterocycles. The minimum atomic E-state index is -0.245. The number of esters is 1. The van der Waals surface area contributed by atoms with Crippen molar-refractivity contribution in [3.63, 3.8) is 0 Å². The third-order valence-electron chi connectivity index (χ3n) is 2.03. The summed E-state index contributed by atoms with van der Waals surface area (Å²) in [5.74, 6) is 0.434. The van der Waals surface area contributed by atoms with Crippen LogP contribution in [-0.4, -0.2) is 40.5 Å². The average molecular weight is 235 g/mol. The van der Waals surface area contributed by atoms with Gasteiger partial charge in [-0.05, 0) is 13.0 Å². The van der Waals surface area contributed by atoms with Crippen LogP contribution >= 0.6 is 0 Å². The molecule has 0 radical (unpaired) electrons. The molecule has 5 heteroatoms. The van der Waals surface area contributed by atoms with Gasteiger partial charge in [-0.3, -0.25) is 9.69 Å². The zero-order chi connectivity index (χ0) is 12.5. The molecule has 0 fully saturated rings. The standard InChI is InChI=1S/C12H17N3O2/c1-3-8-15(10-12(16)17-4-2)9-11-13-6-5-7-14-11/h3,5-7H,1,4,8-10H2,2H3. The first-order valence-corrected chi connectivity index (χ1v) is 5.51. The topological polar surface area (TPSA) is 55.3 Å². The van der Waals surface area contributed by atoms with Crippen LogP contribution in [-0.2, 0) is 16.1 Å². The summed E-state index contributed by atoms with van der Waals surface area (Å²) in [7, 11) is 0. The van der Waals surface area contributed by atoms with Gasteiger partial charge in [0.15, 0.2) is 0 Å². The van der Waals surface area contributed by atoms with Crippen molar-refractivity contribution in [2.45, 2.75) is 13.5 Å². The zero-order valence-corrected chi connectivity index (χ0v) is 10.0. The molecule has 0 aromatic carbocycles. The minimum absolute atomic E-state index is 0.220. The van der Waals surface area contributed by atoms with E-state index in [1.54, 1.807) is 31.5 Å². The molecule has 0 N–H and O–H groups in total. The molecule has 1 aromatic rings. The molecule has 1 rings (SSSR count). The summed E-state index contributed by atoms with van der Waals surface area (Å²) >= 11 is 0. The van der Waals surface area contributed by atoms with Crippen molar-refractivity contribution in [1.29, 1.82) is 0 Å². The molecule has 0 saturated carbocycles. The maximum Gasteiger partial charge on any atom is 0.320 e. The molecule has 0 bridgehead atoms. The first kappa shape index (κ1) is 13.3. The smallest absolute Gasteiger partial charge is 0.320 e. The summed E-state index contributed by atoms with van der Waals surface area (Å²) in [5.41, 5.74) is 0. The fraction of sp³-hybridized carbons (Fsp3) is 0.417. The summed E-state index contributed by atoms with van der Waals surface area (Å²) in [4.78, 5) is 21.5. The number of hydrogen-bond acceptors (Lipinski definition) is 5. The van der Waals surface area contributed by atoms with Crippen molar-refractivity contribution in [2.24, 2.45) is 0 Å². The SMILES string of the molecule is C=CCN(CC(=O)OCC)Cc1ncccn1. The van der Waals surface area contributed by atoms with Crippen LogP contribution < -0.4 is 0 Å². The fourth-order valence-electron chi connectivity index (χ4n) is 1.37. The number of nitrogens with zero attached hydrogens (tertiary/aromatic N) is 3. The maximum atomic E-state index is 11.4. The van der Waals surface area contributed by atoms with E-state index in [0.717, 1.165) is 0 Å². The molecule has 0 unspecified atom stereocenters. The molecular formula is C12H17N3O2. The average Bonchev–Trinajstić information content (AvgIpc) is 2.31. The second-order valence-corrected chi connectivity index (χ2v) is 3.43. The first-order valence-electron chi connectivity index (χ1n) is 5.51. The van der Waals surface area contributed by atoms with Gasteiger partial charge >= 0.3 is 5.97 Å². The van der Waals surface area contributed by atoms with Gasteiger partial charge in [0, 0.05) is 18.9 Å². The number of ether oxygens (including phenoxy) is 1. The van der Waals surface area contributed by atoms with Gasteiger partial charge in [-0.25, -0.2) is 9.97 Å². The van der Waals surface area contributed by atoms with E-state index >= 15 is 0 Å². The summed E-state index contributed by atoms with van der Waals surface area (Å²) < 4.78 is 4.90. The van der Waals surface area contributed by atoms with E-state index < -0.39 is 0 Å². The molecule has 0 aliphatic carbocycles. The van der Waals surface area contributed by atoms with Crippen LogP contribution in [0.15, 0.2) is 31.1 Å². The van der Waals surface area contributed by atoms with Crippen LogP contribution in [0.3, 0.4) is 0 Å². The molecule has 5 nitrogen and oxygen atoms in total. The van der Waals surface area contributed by atoms with Crippen molar-refractivity contribution < 1.29 is 9.53 Å². The molecule has 0 spiro atoms. The highest BCUT2D eigenvalue weighted by molar-refractivity contribution is 5.71. The second kappa shape index (κ2) is 7.51. The van der Waals surface area contributed by atoms with E-state index in [0.29, 0.717) is 25.5 Å². The van der Waals surface area contributed by atoms with Gasteiger partial charge in [0.05, 0.1) is 19.7 Å². The molecular weight excluding hydrogens is 218 g/mol. The van der Waals surface area contributed by atoms with Crippen molar-refractivity contribution in [1.82, 2.24) is 14.9 Å². The van der Waals surface area contributed by atoms with Crippen LogP contribution in [0.1, 0.15) is 12.7 Å². The molecule has 0 amide bonds. The number of carbonyl (C=O) groups is 1. The van der Waals surface area contributed by atoms with Gasteiger partial charge in [-0.1, -0.05) is 6.08 Å². The summed E-state index contributed by atoms with van der Waals surface area (Å²) in [6.07, 6.45) is 5.10. The third-order valence-corrected chi connectivity index (χ3v) is 2.03. The van der Waals surface area contributed by atoms with E-state index in [-0.39, 0.29) is 12.5 Å². The molecule has 0 aliphatic heterocycles. The molecule has 1 aromatic heterocycles. The summed E-state index contributed by atoms with van der Waals surface area (Å²) in [6.45, 7) is 7.16. The van der Waals surface area contributed by atoms with Gasteiger partial charge in [0.1, 0.15) is 5.82 Å². The van der Waals surface area contributed by atoms with Crippen LogP contribution in [0.5, 0.6) is 0 Å². The van der Waals surface area contributed by atoms with Crippen molar-refractivity contribution in [3.05, 3.63) is 36.9 Å². The van der Waals surface area contributed by atoms with Gasteiger partial charge in [0.25, 0.3) is 0 Å². The summed E-state index contributed by atoms with van der Waals surface area (Å²) in [6, 6.07) is 1.76. The van der Waals surface area contributed by atoms with Gasteiger partial charge < -0.3 is 4.74 Å². The normalized spacial score (nSPS) is 10.2. The Morgan fingerprint density at radius 3 is 2.82 bits per heavy atom. The third kappa shape index (κ3) is 5.21. The monoisotopic (exact) mass is 235 g/mol. The van der Waals surface area contributed by atoms with E-state index in [9.17, 15) is 4.79 Å². The lowest BCUT2D eigenvalue weighted by Gasteiger charge is -2.18. The van der Waals surface area contributed by atoms with Crippen molar-refractivity contribution >= 4 is 5.97 Å². The predicted octanol–water partition coefficient (Wildman–Crippen LogP) is 1.03. The lowest BCUT2D eigenvalue weighted by Crippen LogP contribution is -2.31. The van der Waals surface area contributed by atoms with Crippen LogP contribution in [0, 0.1) is 0 Å². The predicted molar refractivity (Wildman–Crippen MR) is 64.1 cm³/mol. The Morgan fingerprint density at radius 1 is 1.53 bits per heavy atom. The number of rotatable bonds is 7. The highest BCUT2D eigenvalue weighted by Crippen LogP contribution is 1.98.